The van der Waals surface area contributed by atoms with Gasteiger partial charge in [-0.2, -0.15) is 0 Å². The van der Waals surface area contributed by atoms with Gasteiger partial charge in [-0.1, -0.05) is 47.6 Å². The van der Waals surface area contributed by atoms with Crippen molar-refractivity contribution in [3.63, 3.8) is 0 Å². The van der Waals surface area contributed by atoms with Crippen molar-refractivity contribution in [1.29, 1.82) is 0 Å². The summed E-state index contributed by atoms with van der Waals surface area (Å²) in [6, 6.07) is 5.49. The van der Waals surface area contributed by atoms with Crippen molar-refractivity contribution >= 4 is 23.2 Å². The molecule has 0 saturated heterocycles. The van der Waals surface area contributed by atoms with Gasteiger partial charge in [0.05, 0.1) is 0 Å². The van der Waals surface area contributed by atoms with E-state index in [9.17, 15) is 9.59 Å². The van der Waals surface area contributed by atoms with E-state index in [1.165, 1.54) is 0 Å². The van der Waals surface area contributed by atoms with E-state index in [4.69, 9.17) is 0 Å². The Bertz CT molecular complexity index is 439. The molecule has 0 fully saturated rings. The molecule has 0 atom stereocenters. The van der Waals surface area contributed by atoms with E-state index in [1.54, 1.807) is 0 Å². The van der Waals surface area contributed by atoms with Crippen LogP contribution in [0.15, 0.2) is 18.2 Å². The average molecular weight is 292 g/mol. The Balaban J connectivity index is 0.00000191. The monoisotopic (exact) mass is 292 g/mol. The maximum atomic E-state index is 11.7. The normalized spacial score (nSPS) is 9.95. The van der Waals surface area contributed by atoms with E-state index < -0.39 is 0 Å². The van der Waals surface area contributed by atoms with Gasteiger partial charge in [-0.3, -0.25) is 9.59 Å². The second-order valence-electron chi connectivity index (χ2n) is 5.27. The average Bonchev–Trinajstić information content (AvgIpc) is 2.44. The van der Waals surface area contributed by atoms with Gasteiger partial charge in [0.15, 0.2) is 0 Å². The van der Waals surface area contributed by atoms with Crippen LogP contribution in [0.5, 0.6) is 0 Å². The molecule has 0 spiro atoms. The fourth-order valence-electron chi connectivity index (χ4n) is 1.46. The lowest BCUT2D eigenvalue weighted by atomic mass is 10.1. The lowest BCUT2D eigenvalue weighted by Crippen LogP contribution is -2.20. The fourth-order valence-corrected chi connectivity index (χ4v) is 1.46. The Morgan fingerprint density at radius 1 is 0.857 bits per heavy atom. The quantitative estimate of drug-likeness (QED) is 0.873. The maximum Gasteiger partial charge on any atom is 0.226 e. The molecule has 4 heteroatoms. The predicted molar refractivity (Wildman–Crippen MR) is 89.5 cm³/mol. The standard InChI is InChI=1S/C15H22N2O2.C2H6/c1-9(2)14(18)16-12-7-6-8-13(11(12)5)17-15(19)10(3)4;1-2/h6-10H,1-5H3,(H,16,18)(H,17,19);1-2H3. The molecule has 2 amide bonds. The molecule has 1 aromatic rings. The van der Waals surface area contributed by atoms with Gasteiger partial charge in [0.1, 0.15) is 0 Å². The largest absolute Gasteiger partial charge is 0.326 e. The summed E-state index contributed by atoms with van der Waals surface area (Å²) in [5.41, 5.74) is 2.34. The molecule has 0 aliphatic heterocycles. The molecule has 0 aliphatic rings. The predicted octanol–water partition coefficient (Wildman–Crippen LogP) is 4.21. The Hall–Kier alpha value is -1.84. The minimum absolute atomic E-state index is 0.0320. The first-order valence-electron chi connectivity index (χ1n) is 7.54. The third-order valence-electron chi connectivity index (χ3n) is 2.90. The molecule has 0 aromatic heterocycles. The van der Waals surface area contributed by atoms with Crippen molar-refractivity contribution in [2.45, 2.75) is 48.5 Å². The first-order chi connectivity index (χ1) is 9.82. The summed E-state index contributed by atoms with van der Waals surface area (Å²) in [5.74, 6) is -0.215. The topological polar surface area (TPSA) is 58.2 Å². The van der Waals surface area contributed by atoms with E-state index in [1.807, 2.05) is 66.7 Å². The Morgan fingerprint density at radius 2 is 1.19 bits per heavy atom. The number of nitrogens with one attached hydrogen (secondary N) is 2. The van der Waals surface area contributed by atoms with Crippen LogP contribution in [0.25, 0.3) is 0 Å². The number of hydrogen-bond donors (Lipinski definition) is 2. The molecule has 0 unspecified atom stereocenters. The van der Waals surface area contributed by atoms with Gasteiger partial charge in [0.2, 0.25) is 11.8 Å². The minimum atomic E-state index is -0.0756. The molecular formula is C17H28N2O2. The zero-order chi connectivity index (χ0) is 16.6. The first kappa shape index (κ1) is 19.2. The molecule has 1 aromatic carbocycles. The van der Waals surface area contributed by atoms with E-state index >= 15 is 0 Å². The number of anilines is 2. The van der Waals surface area contributed by atoms with Crippen LogP contribution in [-0.2, 0) is 9.59 Å². The maximum absolute atomic E-state index is 11.7. The van der Waals surface area contributed by atoms with Crippen LogP contribution in [-0.4, -0.2) is 11.8 Å². The van der Waals surface area contributed by atoms with Crippen LogP contribution in [0, 0.1) is 18.8 Å². The summed E-state index contributed by atoms with van der Waals surface area (Å²) in [7, 11) is 0. The highest BCUT2D eigenvalue weighted by molar-refractivity contribution is 5.96. The van der Waals surface area contributed by atoms with Crippen LogP contribution < -0.4 is 10.6 Å². The molecule has 21 heavy (non-hydrogen) atoms. The van der Waals surface area contributed by atoms with Crippen molar-refractivity contribution in [2.75, 3.05) is 10.6 Å². The van der Waals surface area contributed by atoms with E-state index in [-0.39, 0.29) is 23.7 Å². The highest BCUT2D eigenvalue weighted by Gasteiger charge is 2.13. The molecule has 0 saturated carbocycles. The van der Waals surface area contributed by atoms with Crippen LogP contribution in [0.3, 0.4) is 0 Å². The van der Waals surface area contributed by atoms with Crippen molar-refractivity contribution in [3.05, 3.63) is 23.8 Å². The van der Waals surface area contributed by atoms with Gasteiger partial charge in [-0.15, -0.1) is 0 Å². The van der Waals surface area contributed by atoms with Crippen molar-refractivity contribution in [2.24, 2.45) is 11.8 Å². The van der Waals surface area contributed by atoms with Crippen molar-refractivity contribution in [3.8, 4) is 0 Å². The summed E-state index contributed by atoms with van der Waals surface area (Å²) in [5, 5.41) is 5.72. The van der Waals surface area contributed by atoms with Gasteiger partial charge < -0.3 is 10.6 Å². The smallest absolute Gasteiger partial charge is 0.226 e. The molecule has 0 bridgehead atoms. The van der Waals surface area contributed by atoms with Gasteiger partial charge in [0.25, 0.3) is 0 Å². The summed E-state index contributed by atoms with van der Waals surface area (Å²) in [6.45, 7) is 13.3. The number of amides is 2. The molecule has 4 nitrogen and oxygen atoms in total. The lowest BCUT2D eigenvalue weighted by Gasteiger charge is -2.15. The second-order valence-corrected chi connectivity index (χ2v) is 5.27. The van der Waals surface area contributed by atoms with E-state index in [2.05, 4.69) is 10.6 Å². The van der Waals surface area contributed by atoms with Gasteiger partial charge >= 0.3 is 0 Å². The van der Waals surface area contributed by atoms with Crippen LogP contribution >= 0.6 is 0 Å². The number of rotatable bonds is 4. The number of carbonyl (C=O) groups is 2. The minimum Gasteiger partial charge on any atom is -0.326 e. The third kappa shape index (κ3) is 5.98. The molecule has 2 N–H and O–H groups in total. The van der Waals surface area contributed by atoms with Crippen molar-refractivity contribution in [1.82, 2.24) is 0 Å². The summed E-state index contributed by atoms with van der Waals surface area (Å²) < 4.78 is 0. The van der Waals surface area contributed by atoms with Gasteiger partial charge in [-0.05, 0) is 24.6 Å². The molecule has 1 rings (SSSR count). The number of benzene rings is 1. The van der Waals surface area contributed by atoms with Gasteiger partial charge in [-0.25, -0.2) is 0 Å². The highest BCUT2D eigenvalue weighted by atomic mass is 16.2. The summed E-state index contributed by atoms with van der Waals surface area (Å²) >= 11 is 0. The fraction of sp³-hybridized carbons (Fsp3) is 0.529. The van der Waals surface area contributed by atoms with E-state index in [0.29, 0.717) is 0 Å². The summed E-state index contributed by atoms with van der Waals surface area (Å²) in [4.78, 5) is 23.4. The van der Waals surface area contributed by atoms with Crippen molar-refractivity contribution < 1.29 is 9.59 Å². The molecule has 0 aliphatic carbocycles. The molecule has 0 radical (unpaired) electrons. The summed E-state index contributed by atoms with van der Waals surface area (Å²) in [6.07, 6.45) is 0. The van der Waals surface area contributed by atoms with Crippen LogP contribution in [0.2, 0.25) is 0 Å². The Kier molecular flexibility index (Phi) is 8.36. The van der Waals surface area contributed by atoms with Crippen LogP contribution in [0.1, 0.15) is 47.1 Å². The zero-order valence-corrected chi connectivity index (χ0v) is 14.2. The first-order valence-corrected chi connectivity index (χ1v) is 7.54. The van der Waals surface area contributed by atoms with Crippen LogP contribution in [0.4, 0.5) is 11.4 Å². The molecular weight excluding hydrogens is 264 g/mol. The Labute approximate surface area is 128 Å². The van der Waals surface area contributed by atoms with Gasteiger partial charge in [0, 0.05) is 23.2 Å². The number of carbonyl (C=O) groups excluding carboxylic acids is 2. The SMILES string of the molecule is CC.Cc1c(NC(=O)C(C)C)cccc1NC(=O)C(C)C. The zero-order valence-electron chi connectivity index (χ0n) is 14.2. The highest BCUT2D eigenvalue weighted by Crippen LogP contribution is 2.24. The molecule has 118 valence electrons. The number of hydrogen-bond acceptors (Lipinski definition) is 2. The van der Waals surface area contributed by atoms with E-state index in [0.717, 1.165) is 16.9 Å². The second kappa shape index (κ2) is 9.16. The molecule has 0 heterocycles. The lowest BCUT2D eigenvalue weighted by molar-refractivity contribution is -0.119. The third-order valence-corrected chi connectivity index (χ3v) is 2.90. The Morgan fingerprint density at radius 3 is 1.48 bits per heavy atom.